The molecule has 3 nitrogen and oxygen atoms in total. The zero-order valence-corrected chi connectivity index (χ0v) is 9.21. The highest BCUT2D eigenvalue weighted by molar-refractivity contribution is 5.11. The summed E-state index contributed by atoms with van der Waals surface area (Å²) in [4.78, 5) is 0. The third kappa shape index (κ3) is 2.10. The van der Waals surface area contributed by atoms with E-state index >= 15 is 0 Å². The van der Waals surface area contributed by atoms with Crippen LogP contribution < -0.4 is 10.7 Å². The third-order valence-corrected chi connectivity index (χ3v) is 3.21. The van der Waals surface area contributed by atoms with Crippen LogP contribution in [0.3, 0.4) is 0 Å². The van der Waals surface area contributed by atoms with Gasteiger partial charge in [-0.05, 0) is 37.4 Å². The van der Waals surface area contributed by atoms with Gasteiger partial charge in [-0.2, -0.15) is 0 Å². The lowest BCUT2D eigenvalue weighted by atomic mass is 10.0. The van der Waals surface area contributed by atoms with Crippen molar-refractivity contribution in [2.75, 3.05) is 19.6 Å². The monoisotopic (exact) mass is 195 g/mol. The van der Waals surface area contributed by atoms with Gasteiger partial charge >= 0.3 is 0 Å². The quantitative estimate of drug-likeness (QED) is 0.691. The molecule has 0 spiro atoms. The number of rotatable bonds is 2. The molecule has 0 aromatic rings. The van der Waals surface area contributed by atoms with Crippen molar-refractivity contribution < 1.29 is 0 Å². The van der Waals surface area contributed by atoms with Crippen molar-refractivity contribution in [3.63, 3.8) is 0 Å². The second kappa shape index (κ2) is 4.32. The van der Waals surface area contributed by atoms with Gasteiger partial charge < -0.3 is 10.3 Å². The van der Waals surface area contributed by atoms with Gasteiger partial charge in [0, 0.05) is 18.8 Å². The molecule has 2 aliphatic rings. The maximum atomic E-state index is 3.47. The topological polar surface area (TPSA) is 27.3 Å². The first kappa shape index (κ1) is 9.99. The van der Waals surface area contributed by atoms with Crippen LogP contribution in [-0.4, -0.2) is 30.7 Å². The van der Waals surface area contributed by atoms with E-state index in [4.69, 9.17) is 0 Å². The van der Waals surface area contributed by atoms with Crippen LogP contribution >= 0.6 is 0 Å². The Labute approximate surface area is 86.5 Å². The maximum Gasteiger partial charge on any atom is 0.0472 e. The summed E-state index contributed by atoms with van der Waals surface area (Å²) in [6.07, 6.45) is 4.84. The lowest BCUT2D eigenvalue weighted by Gasteiger charge is -2.31. The van der Waals surface area contributed by atoms with Crippen molar-refractivity contribution in [1.82, 2.24) is 15.8 Å². The molecule has 0 aromatic carbocycles. The minimum atomic E-state index is 0.675. The fraction of sp³-hybridized carbons (Fsp3) is 0.818. The smallest absolute Gasteiger partial charge is 0.0472 e. The number of hydrogen-bond donors (Lipinski definition) is 2. The van der Waals surface area contributed by atoms with Crippen LogP contribution in [0, 0.1) is 5.92 Å². The van der Waals surface area contributed by atoms with E-state index < -0.39 is 0 Å². The molecule has 2 rings (SSSR count). The van der Waals surface area contributed by atoms with Crippen molar-refractivity contribution in [1.29, 1.82) is 0 Å². The average Bonchev–Trinajstić information content (AvgIpc) is 2.68. The van der Waals surface area contributed by atoms with Gasteiger partial charge in [-0.15, -0.1) is 0 Å². The van der Waals surface area contributed by atoms with E-state index in [-0.39, 0.29) is 0 Å². The lowest BCUT2D eigenvalue weighted by Crippen LogP contribution is -2.44. The molecule has 0 bridgehead atoms. The summed E-state index contributed by atoms with van der Waals surface area (Å²) >= 11 is 0. The van der Waals surface area contributed by atoms with Gasteiger partial charge in [0.1, 0.15) is 0 Å². The van der Waals surface area contributed by atoms with E-state index in [1.807, 2.05) is 0 Å². The first-order valence-electron chi connectivity index (χ1n) is 5.70. The van der Waals surface area contributed by atoms with Gasteiger partial charge in [-0.25, -0.2) is 5.43 Å². The molecular formula is C11H21N3. The Bertz CT molecular complexity index is 217. The molecule has 0 aliphatic carbocycles. The summed E-state index contributed by atoms with van der Waals surface area (Å²) < 4.78 is 0. The zero-order valence-electron chi connectivity index (χ0n) is 9.21. The number of piperidine rings is 1. The molecule has 2 aliphatic heterocycles. The first-order chi connectivity index (χ1) is 6.77. The van der Waals surface area contributed by atoms with Gasteiger partial charge in [-0.3, -0.25) is 0 Å². The van der Waals surface area contributed by atoms with E-state index in [1.54, 1.807) is 0 Å². The van der Waals surface area contributed by atoms with Crippen molar-refractivity contribution in [2.24, 2.45) is 5.92 Å². The molecule has 1 fully saturated rings. The van der Waals surface area contributed by atoms with Gasteiger partial charge in [0.25, 0.3) is 0 Å². The zero-order chi connectivity index (χ0) is 9.97. The Balaban J connectivity index is 1.93. The van der Waals surface area contributed by atoms with E-state index in [0.717, 1.165) is 19.6 Å². The summed E-state index contributed by atoms with van der Waals surface area (Å²) in [5, 5.41) is 5.73. The molecule has 0 radical (unpaired) electrons. The van der Waals surface area contributed by atoms with Gasteiger partial charge in [0.05, 0.1) is 0 Å². The van der Waals surface area contributed by atoms with Crippen LogP contribution in [0.15, 0.2) is 11.8 Å². The van der Waals surface area contributed by atoms with Crippen LogP contribution in [0.2, 0.25) is 0 Å². The normalized spacial score (nSPS) is 24.5. The summed E-state index contributed by atoms with van der Waals surface area (Å²) in [5.74, 6) is 0.675. The standard InChI is InChI=1S/C11H21N3/c1-9(2)10-7-13-14(8-10)11-3-5-12-6-4-11/h8-9,11-13H,3-7H2,1-2H3. The van der Waals surface area contributed by atoms with Crippen molar-refractivity contribution in [2.45, 2.75) is 32.7 Å². The number of nitrogens with one attached hydrogen (secondary N) is 2. The minimum Gasteiger partial charge on any atom is -0.317 e. The fourth-order valence-electron chi connectivity index (χ4n) is 2.13. The van der Waals surface area contributed by atoms with Crippen molar-refractivity contribution >= 4 is 0 Å². The summed E-state index contributed by atoms with van der Waals surface area (Å²) in [5.41, 5.74) is 5.00. The molecule has 2 N–H and O–H groups in total. The predicted molar refractivity (Wildman–Crippen MR) is 58.7 cm³/mol. The van der Waals surface area contributed by atoms with Crippen molar-refractivity contribution in [3.8, 4) is 0 Å². The molecular weight excluding hydrogens is 174 g/mol. The first-order valence-corrected chi connectivity index (χ1v) is 5.70. The highest BCUT2D eigenvalue weighted by Gasteiger charge is 2.23. The number of nitrogens with zero attached hydrogens (tertiary/aromatic N) is 1. The molecule has 0 saturated carbocycles. The average molecular weight is 195 g/mol. The third-order valence-electron chi connectivity index (χ3n) is 3.21. The Kier molecular flexibility index (Phi) is 3.08. The van der Waals surface area contributed by atoms with Crippen LogP contribution in [0.1, 0.15) is 26.7 Å². The van der Waals surface area contributed by atoms with Crippen LogP contribution in [0.25, 0.3) is 0 Å². The second-order valence-electron chi connectivity index (χ2n) is 4.58. The van der Waals surface area contributed by atoms with E-state index in [9.17, 15) is 0 Å². The Morgan fingerprint density at radius 1 is 1.36 bits per heavy atom. The van der Waals surface area contributed by atoms with Gasteiger partial charge in [0.15, 0.2) is 0 Å². The maximum absolute atomic E-state index is 3.47. The Hall–Kier alpha value is -0.540. The molecule has 0 atom stereocenters. The second-order valence-corrected chi connectivity index (χ2v) is 4.58. The molecule has 3 heteroatoms. The van der Waals surface area contributed by atoms with Gasteiger partial charge in [-0.1, -0.05) is 13.8 Å². The minimum absolute atomic E-state index is 0.675. The highest BCUT2D eigenvalue weighted by atomic mass is 15.5. The Morgan fingerprint density at radius 3 is 2.64 bits per heavy atom. The molecule has 0 aromatic heterocycles. The summed E-state index contributed by atoms with van der Waals surface area (Å²) in [6, 6.07) is 0.701. The van der Waals surface area contributed by atoms with Crippen molar-refractivity contribution in [3.05, 3.63) is 11.8 Å². The molecule has 0 unspecified atom stereocenters. The van der Waals surface area contributed by atoms with Crippen LogP contribution in [0.4, 0.5) is 0 Å². The van der Waals surface area contributed by atoms with E-state index in [2.05, 4.69) is 35.8 Å². The lowest BCUT2D eigenvalue weighted by molar-refractivity contribution is 0.182. The molecule has 0 amide bonds. The molecule has 2 heterocycles. The van der Waals surface area contributed by atoms with Crippen LogP contribution in [-0.2, 0) is 0 Å². The Morgan fingerprint density at radius 2 is 2.07 bits per heavy atom. The van der Waals surface area contributed by atoms with Crippen LogP contribution in [0.5, 0.6) is 0 Å². The van der Waals surface area contributed by atoms with E-state index in [1.165, 1.54) is 18.4 Å². The summed E-state index contributed by atoms with van der Waals surface area (Å²) in [6.45, 7) is 7.89. The largest absolute Gasteiger partial charge is 0.317 e. The number of hydrogen-bond acceptors (Lipinski definition) is 3. The molecule has 80 valence electrons. The SMILES string of the molecule is CC(C)C1=CN(C2CCNCC2)NC1. The highest BCUT2D eigenvalue weighted by Crippen LogP contribution is 2.19. The van der Waals surface area contributed by atoms with Gasteiger partial charge in [0.2, 0.25) is 0 Å². The van der Waals surface area contributed by atoms with E-state index in [0.29, 0.717) is 12.0 Å². The number of hydrazine groups is 1. The molecule has 1 saturated heterocycles. The molecule has 14 heavy (non-hydrogen) atoms. The summed E-state index contributed by atoms with van der Waals surface area (Å²) in [7, 11) is 0. The fourth-order valence-corrected chi connectivity index (χ4v) is 2.13. The predicted octanol–water partition coefficient (Wildman–Crippen LogP) is 1.10.